The van der Waals surface area contributed by atoms with Gasteiger partial charge in [-0.3, -0.25) is 14.5 Å². The highest BCUT2D eigenvalue weighted by atomic mass is 16.5. The summed E-state index contributed by atoms with van der Waals surface area (Å²) >= 11 is 0. The third kappa shape index (κ3) is 7.00. The van der Waals surface area contributed by atoms with Crippen molar-refractivity contribution in [2.24, 2.45) is 0 Å². The molecular weight excluding hydrogens is 368 g/mol. The molecule has 0 bridgehead atoms. The maximum atomic E-state index is 12.8. The van der Waals surface area contributed by atoms with Crippen molar-refractivity contribution in [3.8, 4) is 0 Å². The number of nitrogens with zero attached hydrogens (tertiary/aromatic N) is 1. The van der Waals surface area contributed by atoms with Crippen LogP contribution in [0.4, 0.5) is 0 Å². The van der Waals surface area contributed by atoms with Crippen molar-refractivity contribution in [3.63, 3.8) is 0 Å². The largest absolute Gasteiger partial charge is 0.481 e. The van der Waals surface area contributed by atoms with Gasteiger partial charge in [-0.1, -0.05) is 60.7 Å². The number of hydrogen-bond acceptors (Lipinski definition) is 4. The number of morpholine rings is 1. The molecule has 29 heavy (non-hydrogen) atoms. The Kier molecular flexibility index (Phi) is 7.78. The number of carbonyl (C=O) groups excluding carboxylic acids is 1. The molecule has 0 spiro atoms. The maximum Gasteiger partial charge on any atom is 0.303 e. The molecular formula is C23H28N2O4. The van der Waals surface area contributed by atoms with Gasteiger partial charge in [0.15, 0.2) is 0 Å². The molecule has 0 saturated carbocycles. The van der Waals surface area contributed by atoms with Crippen LogP contribution in [0.2, 0.25) is 0 Å². The van der Waals surface area contributed by atoms with Crippen molar-refractivity contribution in [1.82, 2.24) is 10.2 Å². The number of benzene rings is 2. The first-order chi connectivity index (χ1) is 14.1. The van der Waals surface area contributed by atoms with Gasteiger partial charge < -0.3 is 15.2 Å². The van der Waals surface area contributed by atoms with Crippen LogP contribution in [-0.2, 0) is 27.3 Å². The molecule has 2 N–H and O–H groups in total. The normalized spacial score (nSPS) is 18.1. The quantitative estimate of drug-likeness (QED) is 0.681. The van der Waals surface area contributed by atoms with E-state index in [4.69, 9.17) is 9.84 Å². The standard InChI is InChI=1S/C23H28N2O4/c26-22(27)12-11-20(15-18-7-3-1-4-8-18)24-23(28)21-17-25(13-14-29-21)16-19-9-5-2-6-10-19/h1-10,20-21H,11-17H2,(H,24,28)(H,26,27). The number of rotatable bonds is 9. The number of carboxylic acid groups (broad SMARTS) is 1. The molecule has 2 aromatic rings. The minimum Gasteiger partial charge on any atom is -0.481 e. The van der Waals surface area contributed by atoms with Gasteiger partial charge in [-0.2, -0.15) is 0 Å². The molecule has 1 saturated heterocycles. The number of amides is 1. The molecule has 2 atom stereocenters. The molecule has 1 amide bonds. The highest BCUT2D eigenvalue weighted by molar-refractivity contribution is 5.81. The van der Waals surface area contributed by atoms with Gasteiger partial charge in [-0.05, 0) is 24.0 Å². The van der Waals surface area contributed by atoms with E-state index < -0.39 is 12.1 Å². The Balaban J connectivity index is 1.57. The van der Waals surface area contributed by atoms with Crippen LogP contribution in [0.15, 0.2) is 60.7 Å². The third-order valence-corrected chi connectivity index (χ3v) is 5.07. The first-order valence-corrected chi connectivity index (χ1v) is 10.0. The highest BCUT2D eigenvalue weighted by Crippen LogP contribution is 2.13. The summed E-state index contributed by atoms with van der Waals surface area (Å²) in [6.07, 6.45) is 0.454. The second-order valence-electron chi connectivity index (χ2n) is 7.41. The second kappa shape index (κ2) is 10.7. The molecule has 6 heteroatoms. The summed E-state index contributed by atoms with van der Waals surface area (Å²) in [4.78, 5) is 26.1. The van der Waals surface area contributed by atoms with E-state index in [-0.39, 0.29) is 18.4 Å². The Bertz CT molecular complexity index is 782. The minimum absolute atomic E-state index is 0.0173. The van der Waals surface area contributed by atoms with Crippen LogP contribution in [-0.4, -0.2) is 53.7 Å². The zero-order valence-corrected chi connectivity index (χ0v) is 16.5. The van der Waals surface area contributed by atoms with Gasteiger partial charge in [0.25, 0.3) is 5.91 Å². The molecule has 0 aromatic heterocycles. The Hall–Kier alpha value is -2.70. The summed E-state index contributed by atoms with van der Waals surface area (Å²) in [5.41, 5.74) is 2.27. The number of nitrogens with one attached hydrogen (secondary N) is 1. The van der Waals surface area contributed by atoms with Gasteiger partial charge in [-0.25, -0.2) is 0 Å². The van der Waals surface area contributed by atoms with Crippen molar-refractivity contribution in [2.75, 3.05) is 19.7 Å². The predicted octanol–water partition coefficient (Wildman–Crippen LogP) is 2.48. The Morgan fingerprint density at radius 2 is 1.72 bits per heavy atom. The van der Waals surface area contributed by atoms with Gasteiger partial charge in [0.2, 0.25) is 0 Å². The number of ether oxygens (including phenoxy) is 1. The summed E-state index contributed by atoms with van der Waals surface area (Å²) < 4.78 is 5.71. The molecule has 6 nitrogen and oxygen atoms in total. The lowest BCUT2D eigenvalue weighted by Gasteiger charge is -2.33. The minimum atomic E-state index is -0.861. The van der Waals surface area contributed by atoms with E-state index in [1.807, 2.05) is 48.5 Å². The van der Waals surface area contributed by atoms with Crippen molar-refractivity contribution in [1.29, 1.82) is 0 Å². The van der Waals surface area contributed by atoms with E-state index in [0.717, 1.165) is 18.7 Å². The zero-order valence-electron chi connectivity index (χ0n) is 16.5. The molecule has 0 aliphatic carbocycles. The van der Waals surface area contributed by atoms with E-state index >= 15 is 0 Å². The number of carboxylic acids is 1. The maximum absolute atomic E-state index is 12.8. The van der Waals surface area contributed by atoms with Crippen molar-refractivity contribution in [3.05, 3.63) is 71.8 Å². The highest BCUT2D eigenvalue weighted by Gasteiger charge is 2.28. The van der Waals surface area contributed by atoms with Crippen LogP contribution >= 0.6 is 0 Å². The molecule has 154 valence electrons. The smallest absolute Gasteiger partial charge is 0.303 e. The van der Waals surface area contributed by atoms with Crippen LogP contribution in [0.1, 0.15) is 24.0 Å². The Morgan fingerprint density at radius 1 is 1.07 bits per heavy atom. The van der Waals surface area contributed by atoms with Crippen molar-refractivity contribution >= 4 is 11.9 Å². The van der Waals surface area contributed by atoms with Gasteiger partial charge in [0.1, 0.15) is 6.10 Å². The van der Waals surface area contributed by atoms with Crippen LogP contribution < -0.4 is 5.32 Å². The molecule has 1 fully saturated rings. The van der Waals surface area contributed by atoms with Crippen LogP contribution in [0.25, 0.3) is 0 Å². The number of hydrogen-bond donors (Lipinski definition) is 2. The van der Waals surface area contributed by atoms with Gasteiger partial charge in [-0.15, -0.1) is 0 Å². The average molecular weight is 396 g/mol. The number of aliphatic carboxylic acids is 1. The number of carbonyl (C=O) groups is 2. The topological polar surface area (TPSA) is 78.9 Å². The monoisotopic (exact) mass is 396 g/mol. The third-order valence-electron chi connectivity index (χ3n) is 5.07. The van der Waals surface area contributed by atoms with Crippen LogP contribution in [0.5, 0.6) is 0 Å². The summed E-state index contributed by atoms with van der Waals surface area (Å²) in [6, 6.07) is 19.7. The summed E-state index contributed by atoms with van der Waals surface area (Å²) in [5, 5.41) is 12.1. The molecule has 1 aliphatic rings. The van der Waals surface area contributed by atoms with E-state index in [1.165, 1.54) is 5.56 Å². The lowest BCUT2D eigenvalue weighted by molar-refractivity contribution is -0.141. The summed E-state index contributed by atoms with van der Waals surface area (Å²) in [7, 11) is 0. The van der Waals surface area contributed by atoms with E-state index in [9.17, 15) is 9.59 Å². The lowest BCUT2D eigenvalue weighted by atomic mass is 10.0. The van der Waals surface area contributed by atoms with Crippen LogP contribution in [0.3, 0.4) is 0 Å². The van der Waals surface area contributed by atoms with E-state index in [0.29, 0.717) is 26.0 Å². The molecule has 2 aromatic carbocycles. The molecule has 3 rings (SSSR count). The summed E-state index contributed by atoms with van der Waals surface area (Å²) in [5.74, 6) is -1.03. The average Bonchev–Trinajstić information content (AvgIpc) is 2.73. The molecule has 2 unspecified atom stereocenters. The molecule has 0 radical (unpaired) electrons. The second-order valence-corrected chi connectivity index (χ2v) is 7.41. The SMILES string of the molecule is O=C(O)CCC(Cc1ccccc1)NC(=O)C1CN(Cc2ccccc2)CCO1. The fourth-order valence-corrected chi connectivity index (χ4v) is 3.56. The van der Waals surface area contributed by atoms with Crippen LogP contribution in [0, 0.1) is 0 Å². The predicted molar refractivity (Wildman–Crippen MR) is 110 cm³/mol. The Morgan fingerprint density at radius 3 is 2.38 bits per heavy atom. The lowest BCUT2D eigenvalue weighted by Crippen LogP contribution is -2.51. The van der Waals surface area contributed by atoms with Gasteiger partial charge in [0.05, 0.1) is 6.61 Å². The fourth-order valence-electron chi connectivity index (χ4n) is 3.56. The van der Waals surface area contributed by atoms with Gasteiger partial charge in [0, 0.05) is 32.1 Å². The first-order valence-electron chi connectivity index (χ1n) is 10.0. The van der Waals surface area contributed by atoms with Crippen molar-refractivity contribution in [2.45, 2.75) is 38.0 Å². The van der Waals surface area contributed by atoms with E-state index in [2.05, 4.69) is 22.3 Å². The zero-order chi connectivity index (χ0) is 20.5. The molecule has 1 heterocycles. The Labute approximate surface area is 171 Å². The first kappa shape index (κ1) is 21.0. The fraction of sp³-hybridized carbons (Fsp3) is 0.391. The van der Waals surface area contributed by atoms with Gasteiger partial charge >= 0.3 is 5.97 Å². The molecule has 1 aliphatic heterocycles. The summed E-state index contributed by atoms with van der Waals surface area (Å²) in [6.45, 7) is 2.59. The van der Waals surface area contributed by atoms with Crippen molar-refractivity contribution < 1.29 is 19.4 Å². The van der Waals surface area contributed by atoms with E-state index in [1.54, 1.807) is 0 Å².